The number of benzene rings is 3. The van der Waals surface area contributed by atoms with E-state index in [-0.39, 0.29) is 42.2 Å². The summed E-state index contributed by atoms with van der Waals surface area (Å²) in [5, 5.41) is 20.0. The number of urea groups is 1. The zero-order chi connectivity index (χ0) is 35.3. The van der Waals surface area contributed by atoms with Gasteiger partial charge in [-0.05, 0) is 55.5 Å². The Labute approximate surface area is 297 Å². The molecule has 0 spiro atoms. The highest BCUT2D eigenvalue weighted by molar-refractivity contribution is 8.00. The maximum absolute atomic E-state index is 14.7. The molecule has 4 unspecified atom stereocenters. The van der Waals surface area contributed by atoms with Gasteiger partial charge >= 0.3 is 13.6 Å². The van der Waals surface area contributed by atoms with Gasteiger partial charge < -0.3 is 36.0 Å². The van der Waals surface area contributed by atoms with Gasteiger partial charge in [-0.3, -0.25) is 15.0 Å². The molecule has 12 nitrogen and oxygen atoms in total. The molecule has 3 aromatic carbocycles. The highest BCUT2D eigenvalue weighted by atomic mass is 32.2. The highest BCUT2D eigenvalue weighted by Gasteiger charge is 2.43. The number of unbranched alkanes of at least 4 members (excludes halogenated alkanes) is 3. The first kappa shape index (κ1) is 36.8. The predicted octanol–water partition coefficient (Wildman–Crippen LogP) is 5.84. The van der Waals surface area contributed by atoms with Crippen LogP contribution in [0.15, 0.2) is 84.9 Å². The first-order valence-corrected chi connectivity index (χ1v) is 19.6. The van der Waals surface area contributed by atoms with Crippen molar-refractivity contribution in [1.82, 2.24) is 21.3 Å². The van der Waals surface area contributed by atoms with Gasteiger partial charge in [0, 0.05) is 36.0 Å². The van der Waals surface area contributed by atoms with Crippen molar-refractivity contribution in [2.45, 2.75) is 74.5 Å². The summed E-state index contributed by atoms with van der Waals surface area (Å²) >= 11 is 1.88. The Kier molecular flexibility index (Phi) is 13.2. The molecule has 0 bridgehead atoms. The molecule has 2 saturated heterocycles. The molecule has 0 radical (unpaired) electrons. The fourth-order valence-corrected chi connectivity index (χ4v) is 9.44. The van der Waals surface area contributed by atoms with E-state index in [0.717, 1.165) is 31.4 Å². The number of amides is 4. The Morgan fingerprint density at radius 1 is 0.860 bits per heavy atom. The van der Waals surface area contributed by atoms with Crippen LogP contribution in [0.2, 0.25) is 0 Å². The molecule has 266 valence electrons. The second-order valence-electron chi connectivity index (χ2n) is 12.4. The minimum atomic E-state index is -4.16. The van der Waals surface area contributed by atoms with Crippen LogP contribution in [0.1, 0.15) is 68.3 Å². The standard InChI is InChI=1S/C36H45N6O6PS/c37-34(38)25-19-21-26(22-20-25)35(49(46,47-27-12-4-1-5-13-27)48-28-14-6-2-7-15-28)41-32(44)18-8-3-11-23-39-31(43)17-10-9-16-30-33-29(24-50-30)40-36(45)42-33/h1-2,4-7,12-15,19-22,29-30,33,35H,3,8-11,16-18,23-24H2,(H3,37,38)(H,39,43)(H,41,44)(H2,40,42,45). The molecule has 14 heteroatoms. The number of para-hydroxylation sites is 2. The van der Waals surface area contributed by atoms with Crippen LogP contribution < -0.4 is 36.0 Å². The molecule has 2 aliphatic rings. The molecule has 0 saturated carbocycles. The molecule has 0 aliphatic carbocycles. The van der Waals surface area contributed by atoms with Crippen LogP contribution in [0, 0.1) is 5.41 Å². The van der Waals surface area contributed by atoms with Gasteiger partial charge in [0.2, 0.25) is 11.8 Å². The maximum atomic E-state index is 14.7. The van der Waals surface area contributed by atoms with Gasteiger partial charge in [-0.15, -0.1) is 0 Å². The molecule has 4 amide bonds. The average Bonchev–Trinajstić information content (AvgIpc) is 3.67. The zero-order valence-corrected chi connectivity index (χ0v) is 29.6. The van der Waals surface area contributed by atoms with Gasteiger partial charge in [0.1, 0.15) is 17.3 Å². The van der Waals surface area contributed by atoms with Crippen molar-refractivity contribution < 1.29 is 28.0 Å². The van der Waals surface area contributed by atoms with Gasteiger partial charge in [-0.2, -0.15) is 11.8 Å². The normalized spacial score (nSPS) is 18.6. The lowest BCUT2D eigenvalue weighted by atomic mass is 10.0. The Morgan fingerprint density at radius 3 is 2.12 bits per heavy atom. The fraction of sp³-hybridized carbons (Fsp3) is 0.389. The summed E-state index contributed by atoms with van der Waals surface area (Å²) < 4.78 is 26.8. The number of nitrogen functional groups attached to an aromatic ring is 1. The second-order valence-corrected chi connectivity index (χ2v) is 15.6. The second kappa shape index (κ2) is 18.0. The minimum Gasteiger partial charge on any atom is -0.414 e. The number of rotatable bonds is 19. The molecule has 2 fully saturated rings. The minimum absolute atomic E-state index is 0.0155. The first-order chi connectivity index (χ1) is 24.2. The smallest absolute Gasteiger partial charge is 0.414 e. The Bertz CT molecular complexity index is 1600. The van der Waals surface area contributed by atoms with Crippen LogP contribution in [0.5, 0.6) is 11.5 Å². The number of carbonyl (C=O) groups excluding carboxylic acids is 3. The summed E-state index contributed by atoms with van der Waals surface area (Å²) in [6.45, 7) is 0.524. The summed E-state index contributed by atoms with van der Waals surface area (Å²) in [5.74, 6) is -0.0400. The Morgan fingerprint density at radius 2 is 1.48 bits per heavy atom. The molecule has 2 heterocycles. The topological polar surface area (TPSA) is 185 Å². The number of nitrogens with two attached hydrogens (primary N) is 1. The van der Waals surface area contributed by atoms with E-state index in [1.807, 2.05) is 23.9 Å². The predicted molar refractivity (Wildman–Crippen MR) is 196 cm³/mol. The van der Waals surface area contributed by atoms with Crippen LogP contribution in [0.25, 0.3) is 0 Å². The van der Waals surface area contributed by atoms with Crippen molar-refractivity contribution in [3.8, 4) is 11.5 Å². The summed E-state index contributed by atoms with van der Waals surface area (Å²) in [6.07, 6.45) is 5.33. The first-order valence-electron chi connectivity index (χ1n) is 17.0. The van der Waals surface area contributed by atoms with Gasteiger partial charge in [-0.25, -0.2) is 9.36 Å². The molecule has 0 aromatic heterocycles. The van der Waals surface area contributed by atoms with Crippen molar-refractivity contribution in [2.24, 2.45) is 5.73 Å². The van der Waals surface area contributed by atoms with Gasteiger partial charge in [-0.1, -0.05) is 73.5 Å². The number of fused-ring (bicyclic) bond motifs is 1. The van der Waals surface area contributed by atoms with Crippen LogP contribution in [-0.4, -0.2) is 53.3 Å². The average molecular weight is 721 g/mol. The third-order valence-corrected chi connectivity index (χ3v) is 12.1. The van der Waals surface area contributed by atoms with E-state index in [9.17, 15) is 18.9 Å². The fourth-order valence-electron chi connectivity index (χ4n) is 5.97. The third-order valence-electron chi connectivity index (χ3n) is 8.59. The Hall–Kier alpha value is -4.48. The number of carbonyl (C=O) groups is 3. The summed E-state index contributed by atoms with van der Waals surface area (Å²) in [4.78, 5) is 37.2. The summed E-state index contributed by atoms with van der Waals surface area (Å²) in [7, 11) is -4.16. The van der Waals surface area contributed by atoms with E-state index in [2.05, 4.69) is 21.3 Å². The van der Waals surface area contributed by atoms with E-state index in [0.29, 0.717) is 53.7 Å². The number of thioether (sulfide) groups is 1. The molecule has 5 rings (SSSR count). The molecular weight excluding hydrogens is 675 g/mol. The van der Waals surface area contributed by atoms with Gasteiger partial charge in [0.15, 0.2) is 5.78 Å². The highest BCUT2D eigenvalue weighted by Crippen LogP contribution is 2.59. The van der Waals surface area contributed by atoms with Crippen LogP contribution in [0.4, 0.5) is 4.79 Å². The summed E-state index contributed by atoms with van der Waals surface area (Å²) in [6, 6.07) is 24.1. The monoisotopic (exact) mass is 720 g/mol. The molecular formula is C36H45N6O6PS. The van der Waals surface area contributed by atoms with E-state index >= 15 is 0 Å². The van der Waals surface area contributed by atoms with Crippen LogP contribution >= 0.6 is 19.4 Å². The van der Waals surface area contributed by atoms with Crippen molar-refractivity contribution in [3.63, 3.8) is 0 Å². The molecule has 2 aliphatic heterocycles. The van der Waals surface area contributed by atoms with Crippen molar-refractivity contribution in [2.75, 3.05) is 12.3 Å². The number of hydrogen-bond acceptors (Lipinski definition) is 8. The van der Waals surface area contributed by atoms with Gasteiger partial charge in [0.25, 0.3) is 0 Å². The lowest BCUT2D eigenvalue weighted by Crippen LogP contribution is -2.36. The van der Waals surface area contributed by atoms with Crippen LogP contribution in [0.3, 0.4) is 0 Å². The van der Waals surface area contributed by atoms with Crippen molar-refractivity contribution in [1.29, 1.82) is 5.41 Å². The van der Waals surface area contributed by atoms with E-state index in [1.165, 1.54) is 0 Å². The molecule has 4 atom stereocenters. The Balaban J connectivity index is 1.10. The zero-order valence-electron chi connectivity index (χ0n) is 27.8. The quantitative estimate of drug-likeness (QED) is 0.0293. The number of nitrogens with one attached hydrogen (secondary N) is 5. The van der Waals surface area contributed by atoms with Crippen molar-refractivity contribution >= 4 is 43.0 Å². The third kappa shape index (κ3) is 10.5. The van der Waals surface area contributed by atoms with E-state index in [1.54, 1.807) is 72.8 Å². The largest absolute Gasteiger partial charge is 0.457 e. The molecule has 3 aromatic rings. The summed E-state index contributed by atoms with van der Waals surface area (Å²) in [5.41, 5.74) is 6.60. The van der Waals surface area contributed by atoms with Crippen LogP contribution in [-0.2, 0) is 14.2 Å². The SMILES string of the molecule is N=C(N)c1ccc(C(NC(=O)CCCCCNC(=O)CCCCC2SCC3NC(=O)NC32)P(=O)(Oc2ccccc2)Oc2ccccc2)cc1. The van der Waals surface area contributed by atoms with E-state index < -0.39 is 13.4 Å². The van der Waals surface area contributed by atoms with E-state index in [4.69, 9.17) is 20.2 Å². The lowest BCUT2D eigenvalue weighted by Gasteiger charge is -2.28. The molecule has 7 N–H and O–H groups in total. The number of hydrogen-bond donors (Lipinski definition) is 6. The lowest BCUT2D eigenvalue weighted by molar-refractivity contribution is -0.122. The van der Waals surface area contributed by atoms with Crippen molar-refractivity contribution in [3.05, 3.63) is 96.1 Å². The maximum Gasteiger partial charge on any atom is 0.457 e. The number of amidine groups is 1. The molecule has 50 heavy (non-hydrogen) atoms. The van der Waals surface area contributed by atoms with Gasteiger partial charge in [0.05, 0.1) is 12.1 Å².